The molecular formula is C11H10FNS. The van der Waals surface area contributed by atoms with Gasteiger partial charge in [-0.2, -0.15) is 0 Å². The molecule has 0 saturated carbocycles. The number of rotatable bonds is 2. The highest BCUT2D eigenvalue weighted by Crippen LogP contribution is 2.18. The minimum Gasteiger partial charge on any atom is -0.250 e. The maximum absolute atomic E-state index is 13.3. The van der Waals surface area contributed by atoms with Gasteiger partial charge in [-0.05, 0) is 18.6 Å². The molecule has 0 fully saturated rings. The zero-order valence-corrected chi connectivity index (χ0v) is 8.64. The number of benzene rings is 1. The smallest absolute Gasteiger partial charge is 0.126 e. The molecule has 2 aromatic rings. The maximum atomic E-state index is 13.3. The largest absolute Gasteiger partial charge is 0.250 e. The average Bonchev–Trinajstić information content (AvgIpc) is 2.56. The third kappa shape index (κ3) is 1.82. The molecule has 2 rings (SSSR count). The first-order valence-corrected chi connectivity index (χ1v) is 5.27. The standard InChI is InChI=1S/C11H10FNS/c1-8-11(14-7-13-8)6-9-4-2-3-5-10(9)12/h2-5,7H,6H2,1H3. The molecule has 1 heterocycles. The summed E-state index contributed by atoms with van der Waals surface area (Å²) in [5.41, 5.74) is 3.53. The van der Waals surface area contributed by atoms with Crippen LogP contribution in [0.25, 0.3) is 0 Å². The number of aromatic nitrogens is 1. The van der Waals surface area contributed by atoms with E-state index in [4.69, 9.17) is 0 Å². The van der Waals surface area contributed by atoms with E-state index < -0.39 is 0 Å². The summed E-state index contributed by atoms with van der Waals surface area (Å²) in [5, 5.41) is 0. The normalized spacial score (nSPS) is 10.4. The van der Waals surface area contributed by atoms with Gasteiger partial charge in [-0.15, -0.1) is 11.3 Å². The molecule has 0 aliphatic heterocycles. The molecule has 72 valence electrons. The lowest BCUT2D eigenvalue weighted by atomic mass is 10.1. The summed E-state index contributed by atoms with van der Waals surface area (Å²) in [7, 11) is 0. The van der Waals surface area contributed by atoms with Gasteiger partial charge in [-0.1, -0.05) is 18.2 Å². The van der Waals surface area contributed by atoms with Gasteiger partial charge in [-0.3, -0.25) is 0 Å². The topological polar surface area (TPSA) is 12.9 Å². The lowest BCUT2D eigenvalue weighted by molar-refractivity contribution is 0.614. The molecule has 1 aromatic carbocycles. The Labute approximate surface area is 86.2 Å². The van der Waals surface area contributed by atoms with Gasteiger partial charge in [0, 0.05) is 11.3 Å². The monoisotopic (exact) mass is 207 g/mol. The van der Waals surface area contributed by atoms with Crippen LogP contribution in [0.15, 0.2) is 29.8 Å². The molecular weight excluding hydrogens is 197 g/mol. The van der Waals surface area contributed by atoms with Gasteiger partial charge in [0.1, 0.15) is 5.82 Å². The molecule has 0 bridgehead atoms. The van der Waals surface area contributed by atoms with Gasteiger partial charge < -0.3 is 0 Å². The highest BCUT2D eigenvalue weighted by Gasteiger charge is 2.05. The van der Waals surface area contributed by atoms with Gasteiger partial charge in [-0.25, -0.2) is 9.37 Å². The minimum atomic E-state index is -0.139. The fraction of sp³-hybridized carbons (Fsp3) is 0.182. The second-order valence-electron chi connectivity index (χ2n) is 3.13. The van der Waals surface area contributed by atoms with Crippen molar-refractivity contribution in [3.05, 3.63) is 51.7 Å². The first-order chi connectivity index (χ1) is 6.77. The van der Waals surface area contributed by atoms with Crippen molar-refractivity contribution in [2.45, 2.75) is 13.3 Å². The first-order valence-electron chi connectivity index (χ1n) is 4.40. The molecule has 1 nitrogen and oxygen atoms in total. The fourth-order valence-electron chi connectivity index (χ4n) is 1.31. The molecule has 0 unspecified atom stereocenters. The van der Waals surface area contributed by atoms with E-state index in [-0.39, 0.29) is 5.82 Å². The minimum absolute atomic E-state index is 0.139. The Morgan fingerprint density at radius 3 is 2.79 bits per heavy atom. The predicted molar refractivity (Wildman–Crippen MR) is 56.1 cm³/mol. The van der Waals surface area contributed by atoms with Gasteiger partial charge in [0.25, 0.3) is 0 Å². The molecule has 3 heteroatoms. The van der Waals surface area contributed by atoms with E-state index in [9.17, 15) is 4.39 Å². The zero-order valence-electron chi connectivity index (χ0n) is 7.83. The van der Waals surface area contributed by atoms with Crippen molar-refractivity contribution in [2.75, 3.05) is 0 Å². The molecule has 0 spiro atoms. The van der Waals surface area contributed by atoms with Crippen LogP contribution in [0.3, 0.4) is 0 Å². The average molecular weight is 207 g/mol. The Hall–Kier alpha value is -1.22. The van der Waals surface area contributed by atoms with Crippen molar-refractivity contribution in [1.29, 1.82) is 0 Å². The Balaban J connectivity index is 2.28. The SMILES string of the molecule is Cc1ncsc1Cc1ccccc1F. The van der Waals surface area contributed by atoms with Gasteiger partial charge in [0.15, 0.2) is 0 Å². The third-order valence-corrected chi connectivity index (χ3v) is 3.09. The molecule has 0 radical (unpaired) electrons. The summed E-state index contributed by atoms with van der Waals surface area (Å²) in [6, 6.07) is 6.87. The highest BCUT2D eigenvalue weighted by molar-refractivity contribution is 7.09. The van der Waals surface area contributed by atoms with E-state index in [0.29, 0.717) is 6.42 Å². The van der Waals surface area contributed by atoms with Crippen LogP contribution in [0, 0.1) is 12.7 Å². The molecule has 0 aliphatic rings. The van der Waals surface area contributed by atoms with Crippen LogP contribution in [-0.2, 0) is 6.42 Å². The van der Waals surface area contributed by atoms with Crippen LogP contribution in [0.4, 0.5) is 4.39 Å². The molecule has 0 amide bonds. The van der Waals surface area contributed by atoms with E-state index in [1.807, 2.05) is 19.1 Å². The van der Waals surface area contributed by atoms with Crippen molar-refractivity contribution in [3.8, 4) is 0 Å². The first kappa shape index (κ1) is 9.34. The van der Waals surface area contributed by atoms with E-state index in [2.05, 4.69) is 4.98 Å². The lowest BCUT2D eigenvalue weighted by Gasteiger charge is -2.00. The van der Waals surface area contributed by atoms with Crippen molar-refractivity contribution in [1.82, 2.24) is 4.98 Å². The molecule has 0 aliphatic carbocycles. The van der Waals surface area contributed by atoms with Crippen LogP contribution in [0.2, 0.25) is 0 Å². The van der Waals surface area contributed by atoms with E-state index in [0.717, 1.165) is 16.1 Å². The molecule has 1 aromatic heterocycles. The number of hydrogen-bond donors (Lipinski definition) is 0. The molecule has 14 heavy (non-hydrogen) atoms. The summed E-state index contributed by atoms with van der Waals surface area (Å²) in [5.74, 6) is -0.139. The van der Waals surface area contributed by atoms with Crippen LogP contribution < -0.4 is 0 Å². The second kappa shape index (κ2) is 3.88. The molecule has 0 saturated heterocycles. The van der Waals surface area contributed by atoms with Crippen LogP contribution >= 0.6 is 11.3 Å². The predicted octanol–water partition coefficient (Wildman–Crippen LogP) is 3.18. The maximum Gasteiger partial charge on any atom is 0.126 e. The van der Waals surface area contributed by atoms with E-state index >= 15 is 0 Å². The van der Waals surface area contributed by atoms with Gasteiger partial charge >= 0.3 is 0 Å². The Bertz CT molecular complexity index is 436. The van der Waals surface area contributed by atoms with Crippen LogP contribution in [-0.4, -0.2) is 4.98 Å². The number of hydrogen-bond acceptors (Lipinski definition) is 2. The van der Waals surface area contributed by atoms with Crippen molar-refractivity contribution >= 4 is 11.3 Å². The number of aryl methyl sites for hydroxylation is 1. The number of nitrogens with zero attached hydrogens (tertiary/aromatic N) is 1. The van der Waals surface area contributed by atoms with E-state index in [1.165, 1.54) is 6.07 Å². The summed E-state index contributed by atoms with van der Waals surface area (Å²) >= 11 is 1.58. The van der Waals surface area contributed by atoms with E-state index in [1.54, 1.807) is 22.9 Å². The summed E-state index contributed by atoms with van der Waals surface area (Å²) in [4.78, 5) is 5.27. The summed E-state index contributed by atoms with van der Waals surface area (Å²) in [6.45, 7) is 1.95. The van der Waals surface area contributed by atoms with Crippen molar-refractivity contribution in [3.63, 3.8) is 0 Å². The Morgan fingerprint density at radius 2 is 2.14 bits per heavy atom. The van der Waals surface area contributed by atoms with Gasteiger partial charge in [0.2, 0.25) is 0 Å². The highest BCUT2D eigenvalue weighted by atomic mass is 32.1. The second-order valence-corrected chi connectivity index (χ2v) is 4.07. The van der Waals surface area contributed by atoms with Gasteiger partial charge in [0.05, 0.1) is 11.2 Å². The number of halogens is 1. The third-order valence-electron chi connectivity index (χ3n) is 2.15. The molecule has 0 N–H and O–H groups in total. The van der Waals surface area contributed by atoms with Crippen molar-refractivity contribution in [2.24, 2.45) is 0 Å². The van der Waals surface area contributed by atoms with Crippen LogP contribution in [0.1, 0.15) is 16.1 Å². The summed E-state index contributed by atoms with van der Waals surface area (Å²) in [6.07, 6.45) is 0.642. The van der Waals surface area contributed by atoms with Crippen molar-refractivity contribution < 1.29 is 4.39 Å². The Kier molecular flexibility index (Phi) is 2.59. The fourth-order valence-corrected chi connectivity index (χ4v) is 2.11. The van der Waals surface area contributed by atoms with Crippen LogP contribution in [0.5, 0.6) is 0 Å². The lowest BCUT2D eigenvalue weighted by Crippen LogP contribution is -1.91. The quantitative estimate of drug-likeness (QED) is 0.737. The Morgan fingerprint density at radius 1 is 1.36 bits per heavy atom. The number of thiazole rings is 1. The molecule has 0 atom stereocenters. The summed E-state index contributed by atoms with van der Waals surface area (Å²) < 4.78 is 13.3. The zero-order chi connectivity index (χ0) is 9.97.